The second kappa shape index (κ2) is 3.53. The Kier molecular flexibility index (Phi) is 2.26. The summed E-state index contributed by atoms with van der Waals surface area (Å²) >= 11 is 0. The van der Waals surface area contributed by atoms with Crippen LogP contribution < -0.4 is 5.73 Å². The zero-order valence-corrected chi connectivity index (χ0v) is 9.65. The Morgan fingerprint density at radius 1 is 1.44 bits per heavy atom. The molecule has 1 aromatic heterocycles. The molecular weight excluding hydrogens is 204 g/mol. The van der Waals surface area contributed by atoms with Crippen LogP contribution in [0.3, 0.4) is 0 Å². The van der Waals surface area contributed by atoms with Crippen molar-refractivity contribution >= 4 is 0 Å². The maximum Gasteiger partial charge on any atom is 0.223 e. The Morgan fingerprint density at radius 3 is 3.06 bits per heavy atom. The monoisotopic (exact) mass is 222 g/mol. The van der Waals surface area contributed by atoms with Crippen molar-refractivity contribution in [3.8, 4) is 0 Å². The van der Waals surface area contributed by atoms with Gasteiger partial charge >= 0.3 is 0 Å². The van der Waals surface area contributed by atoms with Gasteiger partial charge in [0.2, 0.25) is 5.89 Å². The first-order chi connectivity index (χ1) is 7.70. The van der Waals surface area contributed by atoms with Gasteiger partial charge in [-0.25, -0.2) is 0 Å². The van der Waals surface area contributed by atoms with E-state index in [0.717, 1.165) is 19.4 Å². The molecule has 2 fully saturated rings. The van der Waals surface area contributed by atoms with E-state index >= 15 is 0 Å². The van der Waals surface area contributed by atoms with E-state index in [1.54, 1.807) is 0 Å². The minimum atomic E-state index is -0.391. The number of hydrogen-bond donors (Lipinski definition) is 1. The second-order valence-corrected chi connectivity index (χ2v) is 4.97. The van der Waals surface area contributed by atoms with Gasteiger partial charge in [-0.3, -0.25) is 4.90 Å². The summed E-state index contributed by atoms with van der Waals surface area (Å²) in [4.78, 5) is 6.81. The van der Waals surface area contributed by atoms with E-state index in [9.17, 15) is 0 Å². The molecular formula is C11H18N4O. The van der Waals surface area contributed by atoms with Crippen LogP contribution in [0.2, 0.25) is 0 Å². The number of hydrogen-bond acceptors (Lipinski definition) is 5. The lowest BCUT2D eigenvalue weighted by Gasteiger charge is -2.36. The third-order valence-electron chi connectivity index (χ3n) is 3.96. The molecule has 16 heavy (non-hydrogen) atoms. The Balaban J connectivity index is 1.92. The fourth-order valence-corrected chi connectivity index (χ4v) is 3.09. The molecule has 2 aliphatic rings. The predicted molar refractivity (Wildman–Crippen MR) is 58.7 cm³/mol. The van der Waals surface area contributed by atoms with Crippen molar-refractivity contribution in [1.29, 1.82) is 0 Å². The molecule has 0 aromatic carbocycles. The van der Waals surface area contributed by atoms with Crippen LogP contribution in [-0.4, -0.2) is 34.2 Å². The summed E-state index contributed by atoms with van der Waals surface area (Å²) in [5.41, 5.74) is 6.13. The smallest absolute Gasteiger partial charge is 0.223 e. The van der Waals surface area contributed by atoms with E-state index in [1.807, 2.05) is 6.92 Å². The zero-order valence-electron chi connectivity index (χ0n) is 9.65. The van der Waals surface area contributed by atoms with Crippen molar-refractivity contribution in [2.45, 2.75) is 44.2 Å². The molecule has 0 bridgehead atoms. The van der Waals surface area contributed by atoms with Gasteiger partial charge in [0.25, 0.3) is 0 Å². The highest BCUT2D eigenvalue weighted by Crippen LogP contribution is 2.38. The van der Waals surface area contributed by atoms with Crippen LogP contribution in [0.15, 0.2) is 4.52 Å². The largest absolute Gasteiger partial charge is 0.340 e. The van der Waals surface area contributed by atoms with Crippen LogP contribution in [-0.2, 0) is 5.54 Å². The Hall–Kier alpha value is -0.940. The molecule has 2 N–H and O–H groups in total. The molecule has 0 radical (unpaired) electrons. The fraction of sp³-hybridized carbons (Fsp3) is 0.818. The number of aryl methyl sites for hydroxylation is 1. The van der Waals surface area contributed by atoms with E-state index in [-0.39, 0.29) is 0 Å². The number of rotatable bonds is 1. The summed E-state index contributed by atoms with van der Waals surface area (Å²) in [6, 6.07) is 0.401. The van der Waals surface area contributed by atoms with Crippen molar-refractivity contribution in [2.75, 3.05) is 13.1 Å². The predicted octanol–water partition coefficient (Wildman–Crippen LogP) is 0.790. The standard InChI is InChI=1S/C11H18N4O/c1-8-13-10(14-16-8)11(12)5-7-15-6-3-2-4-9(11)15/h9H,2-7,12H2,1H3. The topological polar surface area (TPSA) is 68.2 Å². The van der Waals surface area contributed by atoms with Gasteiger partial charge < -0.3 is 10.3 Å². The van der Waals surface area contributed by atoms with E-state index < -0.39 is 5.54 Å². The van der Waals surface area contributed by atoms with Gasteiger partial charge in [-0.2, -0.15) is 4.98 Å². The number of nitrogens with two attached hydrogens (primary N) is 1. The van der Waals surface area contributed by atoms with Crippen LogP contribution in [0, 0.1) is 6.92 Å². The van der Waals surface area contributed by atoms with Crippen LogP contribution in [0.25, 0.3) is 0 Å². The molecule has 2 atom stereocenters. The van der Waals surface area contributed by atoms with Crippen LogP contribution in [0.5, 0.6) is 0 Å². The normalized spacial score (nSPS) is 35.2. The summed E-state index contributed by atoms with van der Waals surface area (Å²) in [5, 5.41) is 4.02. The quantitative estimate of drug-likeness (QED) is 0.761. The number of fused-ring (bicyclic) bond motifs is 1. The molecule has 3 heterocycles. The van der Waals surface area contributed by atoms with Crippen molar-refractivity contribution in [3.63, 3.8) is 0 Å². The lowest BCUT2D eigenvalue weighted by Crippen LogP contribution is -2.51. The summed E-state index contributed by atoms with van der Waals surface area (Å²) < 4.78 is 5.06. The molecule has 5 nitrogen and oxygen atoms in total. The minimum absolute atomic E-state index is 0.391. The third kappa shape index (κ3) is 1.38. The molecule has 0 spiro atoms. The third-order valence-corrected chi connectivity index (χ3v) is 3.96. The molecule has 5 heteroatoms. The molecule has 2 unspecified atom stereocenters. The Morgan fingerprint density at radius 2 is 2.31 bits per heavy atom. The molecule has 1 aromatic rings. The summed E-state index contributed by atoms with van der Waals surface area (Å²) in [5.74, 6) is 1.30. The van der Waals surface area contributed by atoms with Gasteiger partial charge in [0.15, 0.2) is 5.82 Å². The Bertz CT molecular complexity index is 391. The first-order valence-electron chi connectivity index (χ1n) is 6.04. The number of nitrogens with zero attached hydrogens (tertiary/aromatic N) is 3. The highest BCUT2D eigenvalue weighted by molar-refractivity contribution is 5.14. The molecule has 2 aliphatic heterocycles. The Labute approximate surface area is 95.0 Å². The first kappa shape index (κ1) is 10.2. The molecule has 2 saturated heterocycles. The van der Waals surface area contributed by atoms with Crippen molar-refractivity contribution in [2.24, 2.45) is 5.73 Å². The highest BCUT2D eigenvalue weighted by Gasteiger charge is 2.49. The van der Waals surface area contributed by atoms with E-state index in [4.69, 9.17) is 10.3 Å². The van der Waals surface area contributed by atoms with Gasteiger partial charge in [-0.05, 0) is 25.8 Å². The average molecular weight is 222 g/mol. The van der Waals surface area contributed by atoms with Crippen LogP contribution in [0.4, 0.5) is 0 Å². The van der Waals surface area contributed by atoms with Crippen LogP contribution in [0.1, 0.15) is 37.4 Å². The molecule has 0 saturated carbocycles. The maximum absolute atomic E-state index is 6.52. The zero-order chi connectivity index (χ0) is 11.2. The SMILES string of the molecule is Cc1nc(C2(N)CCN3CCCCC32)no1. The highest BCUT2D eigenvalue weighted by atomic mass is 16.5. The number of piperidine rings is 1. The van der Waals surface area contributed by atoms with Gasteiger partial charge in [-0.1, -0.05) is 11.6 Å². The molecule has 3 rings (SSSR count). The summed E-state index contributed by atoms with van der Waals surface area (Å²) in [6.07, 6.45) is 4.65. The van der Waals surface area contributed by atoms with E-state index in [2.05, 4.69) is 15.0 Å². The van der Waals surface area contributed by atoms with Gasteiger partial charge in [0.1, 0.15) is 0 Å². The van der Waals surface area contributed by atoms with Gasteiger partial charge in [0, 0.05) is 19.5 Å². The molecule has 0 aliphatic carbocycles. The number of aromatic nitrogens is 2. The summed E-state index contributed by atoms with van der Waals surface area (Å²) in [6.45, 7) is 4.04. The van der Waals surface area contributed by atoms with Crippen molar-refractivity contribution < 1.29 is 4.52 Å². The first-order valence-corrected chi connectivity index (χ1v) is 6.04. The average Bonchev–Trinajstić information content (AvgIpc) is 2.86. The molecule has 0 amide bonds. The maximum atomic E-state index is 6.52. The molecule has 88 valence electrons. The van der Waals surface area contributed by atoms with Crippen molar-refractivity contribution in [3.05, 3.63) is 11.7 Å². The van der Waals surface area contributed by atoms with Gasteiger partial charge in [0.05, 0.1) is 5.54 Å². The fourth-order valence-electron chi connectivity index (χ4n) is 3.09. The lowest BCUT2D eigenvalue weighted by molar-refractivity contribution is 0.151. The summed E-state index contributed by atoms with van der Waals surface area (Å²) in [7, 11) is 0. The van der Waals surface area contributed by atoms with Crippen LogP contribution >= 0.6 is 0 Å². The van der Waals surface area contributed by atoms with Gasteiger partial charge in [-0.15, -0.1) is 0 Å². The van der Waals surface area contributed by atoms with Crippen molar-refractivity contribution in [1.82, 2.24) is 15.0 Å². The second-order valence-electron chi connectivity index (χ2n) is 4.97. The lowest BCUT2D eigenvalue weighted by atomic mass is 9.86. The van der Waals surface area contributed by atoms with E-state index in [0.29, 0.717) is 17.8 Å². The minimum Gasteiger partial charge on any atom is -0.340 e. The van der Waals surface area contributed by atoms with E-state index in [1.165, 1.54) is 19.4 Å².